The van der Waals surface area contributed by atoms with Gasteiger partial charge in [0.15, 0.2) is 0 Å². The molecule has 0 N–H and O–H groups in total. The zero-order chi connectivity index (χ0) is 20.8. The molecule has 0 saturated heterocycles. The number of allylic oxidation sites excluding steroid dienone is 2. The average Bonchev–Trinajstić information content (AvgIpc) is 3.04. The first-order chi connectivity index (χ1) is 13.8. The molecule has 3 saturated carbocycles. The Kier molecular flexibility index (Phi) is 7.57. The molecular weight excluding hydrogens is 360 g/mol. The Morgan fingerprint density at radius 3 is 2.43 bits per heavy atom. The van der Waals surface area contributed by atoms with Gasteiger partial charge in [0.1, 0.15) is 0 Å². The average molecular weight is 415 g/mol. The van der Waals surface area contributed by atoms with Gasteiger partial charge in [0.2, 0.25) is 0 Å². The number of rotatable bonds is 6. The summed E-state index contributed by atoms with van der Waals surface area (Å²) >= 11 is 0. The summed E-state index contributed by atoms with van der Waals surface area (Å²) in [6.07, 6.45) is 20.4. The highest BCUT2D eigenvalue weighted by Crippen LogP contribution is 2.67. The van der Waals surface area contributed by atoms with Crippen LogP contribution in [0.2, 0.25) is 0 Å². The first kappa shape index (κ1) is 24.4. The first-order valence-corrected chi connectivity index (χ1v) is 13.5. The highest BCUT2D eigenvalue weighted by Gasteiger charge is 2.58. The summed E-state index contributed by atoms with van der Waals surface area (Å²) in [6.45, 7) is 15.2. The van der Waals surface area contributed by atoms with Gasteiger partial charge < -0.3 is 0 Å². The first-order valence-electron chi connectivity index (χ1n) is 13.5. The maximum absolute atomic E-state index is 2.77. The van der Waals surface area contributed by atoms with Crippen LogP contribution < -0.4 is 0 Å². The van der Waals surface area contributed by atoms with Crippen molar-refractivity contribution in [1.29, 1.82) is 0 Å². The van der Waals surface area contributed by atoms with E-state index in [1.54, 1.807) is 0 Å². The Morgan fingerprint density at radius 1 is 0.967 bits per heavy atom. The van der Waals surface area contributed by atoms with Crippen LogP contribution in [0.15, 0.2) is 11.6 Å². The van der Waals surface area contributed by atoms with Crippen LogP contribution >= 0.6 is 0 Å². The third kappa shape index (κ3) is 4.08. The van der Waals surface area contributed by atoms with Crippen molar-refractivity contribution in [2.45, 2.75) is 126 Å². The van der Waals surface area contributed by atoms with Gasteiger partial charge in [0.05, 0.1) is 0 Å². The Morgan fingerprint density at radius 2 is 1.73 bits per heavy atom. The maximum Gasteiger partial charge on any atom is -0.00851 e. The summed E-state index contributed by atoms with van der Waals surface area (Å²) in [4.78, 5) is 0. The maximum atomic E-state index is 2.77. The minimum atomic E-state index is 0. The highest BCUT2D eigenvalue weighted by atomic mass is 14.6. The van der Waals surface area contributed by atoms with E-state index in [0.717, 1.165) is 41.4 Å². The van der Waals surface area contributed by atoms with Crippen molar-refractivity contribution in [2.24, 2.45) is 52.3 Å². The van der Waals surface area contributed by atoms with Crippen molar-refractivity contribution >= 4 is 0 Å². The van der Waals surface area contributed by atoms with Crippen molar-refractivity contribution in [3.8, 4) is 0 Å². The van der Waals surface area contributed by atoms with Gasteiger partial charge >= 0.3 is 0 Å². The van der Waals surface area contributed by atoms with Crippen molar-refractivity contribution in [1.82, 2.24) is 0 Å². The lowest BCUT2D eigenvalue weighted by atomic mass is 9.46. The molecule has 0 radical (unpaired) electrons. The van der Waals surface area contributed by atoms with Gasteiger partial charge in [-0.05, 0) is 104 Å². The second-order valence-electron chi connectivity index (χ2n) is 12.8. The number of fused-ring (bicyclic) bond motifs is 5. The fraction of sp³-hybridized carbons (Fsp3) is 0.933. The standard InChI is InChI=1S/C29H50.CH4/c1-7-22-15-17-28(5)23(19-22)11-12-24-26-14-13-25(21(4)10-8-9-20(2)3)29(26,6)18-16-27(24)28;/h11,20-22,24-27H,7-10,12-19H2,1-6H3;1H4/t21-,22+,24-,25?,26+,27?,28?,29?;/m1./s1. The van der Waals surface area contributed by atoms with Crippen LogP contribution in [0.4, 0.5) is 0 Å². The molecule has 4 aliphatic rings. The van der Waals surface area contributed by atoms with E-state index in [1.165, 1.54) is 77.0 Å². The summed E-state index contributed by atoms with van der Waals surface area (Å²) in [5.41, 5.74) is 3.08. The van der Waals surface area contributed by atoms with Crippen LogP contribution in [0.5, 0.6) is 0 Å². The second kappa shape index (κ2) is 9.31. The normalized spacial score (nSPS) is 43.8. The molecule has 0 aromatic rings. The van der Waals surface area contributed by atoms with Crippen LogP contribution in [0.3, 0.4) is 0 Å². The van der Waals surface area contributed by atoms with Crippen molar-refractivity contribution in [3.05, 3.63) is 11.6 Å². The molecule has 30 heavy (non-hydrogen) atoms. The fourth-order valence-electron chi connectivity index (χ4n) is 9.11. The quantitative estimate of drug-likeness (QED) is 0.379. The van der Waals surface area contributed by atoms with E-state index in [-0.39, 0.29) is 7.43 Å². The Labute approximate surface area is 190 Å². The van der Waals surface area contributed by atoms with Gasteiger partial charge in [0, 0.05) is 0 Å². The van der Waals surface area contributed by atoms with Gasteiger partial charge in [0.25, 0.3) is 0 Å². The van der Waals surface area contributed by atoms with Crippen molar-refractivity contribution < 1.29 is 0 Å². The van der Waals surface area contributed by atoms with Gasteiger partial charge in [-0.3, -0.25) is 0 Å². The molecule has 4 unspecified atom stereocenters. The van der Waals surface area contributed by atoms with Gasteiger partial charge in [-0.25, -0.2) is 0 Å². The monoisotopic (exact) mass is 414 g/mol. The molecule has 4 rings (SSSR count). The molecule has 0 heteroatoms. The third-order valence-corrected chi connectivity index (χ3v) is 11.0. The van der Waals surface area contributed by atoms with Crippen LogP contribution in [-0.2, 0) is 0 Å². The number of hydrogen-bond acceptors (Lipinski definition) is 0. The summed E-state index contributed by atoms with van der Waals surface area (Å²) in [5, 5.41) is 0. The van der Waals surface area contributed by atoms with E-state index in [0.29, 0.717) is 10.8 Å². The van der Waals surface area contributed by atoms with Crippen LogP contribution in [0.25, 0.3) is 0 Å². The second-order valence-corrected chi connectivity index (χ2v) is 12.8. The van der Waals surface area contributed by atoms with Gasteiger partial charge in [-0.15, -0.1) is 0 Å². The Balaban J connectivity index is 0.00000256. The third-order valence-electron chi connectivity index (χ3n) is 11.0. The predicted molar refractivity (Wildman–Crippen MR) is 134 cm³/mol. The van der Waals surface area contributed by atoms with E-state index in [2.05, 4.69) is 47.6 Å². The van der Waals surface area contributed by atoms with E-state index < -0.39 is 0 Å². The molecule has 8 atom stereocenters. The summed E-state index contributed by atoms with van der Waals surface area (Å²) in [7, 11) is 0. The lowest BCUT2D eigenvalue weighted by Gasteiger charge is -2.58. The molecule has 0 nitrogen and oxygen atoms in total. The largest absolute Gasteiger partial charge is 0.0845 e. The molecule has 4 aliphatic carbocycles. The Hall–Kier alpha value is -0.260. The fourth-order valence-corrected chi connectivity index (χ4v) is 9.11. The molecule has 0 aliphatic heterocycles. The minimum absolute atomic E-state index is 0. The Bertz CT molecular complexity index is 599. The van der Waals surface area contributed by atoms with Crippen LogP contribution in [0.1, 0.15) is 126 Å². The molecule has 0 bridgehead atoms. The summed E-state index contributed by atoms with van der Waals surface area (Å²) in [5.74, 6) is 6.78. The molecule has 174 valence electrons. The lowest BCUT2D eigenvalue weighted by Crippen LogP contribution is -2.50. The predicted octanol–water partition coefficient (Wildman–Crippen LogP) is 9.69. The van der Waals surface area contributed by atoms with Gasteiger partial charge in [-0.2, -0.15) is 0 Å². The lowest BCUT2D eigenvalue weighted by molar-refractivity contribution is -0.0528. The molecular formula is C30H54. The molecule has 0 amide bonds. The zero-order valence-electron chi connectivity index (χ0n) is 20.6. The van der Waals surface area contributed by atoms with E-state index in [4.69, 9.17) is 0 Å². The smallest absolute Gasteiger partial charge is 0.00851 e. The van der Waals surface area contributed by atoms with E-state index in [1.807, 2.05) is 5.57 Å². The minimum Gasteiger partial charge on any atom is -0.0845 e. The molecule has 0 aromatic heterocycles. The van der Waals surface area contributed by atoms with E-state index >= 15 is 0 Å². The summed E-state index contributed by atoms with van der Waals surface area (Å²) < 4.78 is 0. The SMILES string of the molecule is C.CC[C@H]1CCC2(C)C(=CC[C@H]3C2CCC2(C)C([C@H](C)CCCC(C)C)CC[C@@H]32)C1. The van der Waals surface area contributed by atoms with Crippen molar-refractivity contribution in [2.75, 3.05) is 0 Å². The molecule has 0 spiro atoms. The summed E-state index contributed by atoms with van der Waals surface area (Å²) in [6, 6.07) is 0. The number of hydrogen-bond donors (Lipinski definition) is 0. The molecule has 0 aromatic carbocycles. The van der Waals surface area contributed by atoms with Crippen LogP contribution in [0, 0.1) is 52.3 Å². The molecule has 0 heterocycles. The highest BCUT2D eigenvalue weighted by molar-refractivity contribution is 5.25. The van der Waals surface area contributed by atoms with Crippen LogP contribution in [-0.4, -0.2) is 0 Å². The van der Waals surface area contributed by atoms with Crippen molar-refractivity contribution in [3.63, 3.8) is 0 Å². The van der Waals surface area contributed by atoms with E-state index in [9.17, 15) is 0 Å². The van der Waals surface area contributed by atoms with Gasteiger partial charge in [-0.1, -0.05) is 86.3 Å². The zero-order valence-corrected chi connectivity index (χ0v) is 20.6. The topological polar surface area (TPSA) is 0 Å². The molecule has 3 fully saturated rings.